The van der Waals surface area contributed by atoms with Crippen molar-refractivity contribution in [1.29, 1.82) is 0 Å². The highest BCUT2D eigenvalue weighted by atomic mass is 16.3. The van der Waals surface area contributed by atoms with Crippen molar-refractivity contribution in [2.45, 2.75) is 45.3 Å². The highest BCUT2D eigenvalue weighted by Crippen LogP contribution is 2.53. The van der Waals surface area contributed by atoms with Crippen molar-refractivity contribution in [3.05, 3.63) is 64.4 Å². The van der Waals surface area contributed by atoms with E-state index in [0.29, 0.717) is 5.56 Å². The monoisotopic (exact) mass is 575 g/mol. The predicted octanol–water partition coefficient (Wildman–Crippen LogP) is 3.09. The van der Waals surface area contributed by atoms with Gasteiger partial charge in [0.25, 0.3) is 5.91 Å². The fourth-order valence-corrected chi connectivity index (χ4v) is 6.65. The van der Waals surface area contributed by atoms with E-state index in [1.165, 1.54) is 11.0 Å². The summed E-state index contributed by atoms with van der Waals surface area (Å²) in [4.78, 5) is 40.9. The molecular formula is C32H37N3O7. The molecule has 0 spiro atoms. The van der Waals surface area contributed by atoms with Gasteiger partial charge in [0.1, 0.15) is 22.8 Å². The number of nitrogens with zero attached hydrogens (tertiary/aromatic N) is 1. The second-order valence-electron chi connectivity index (χ2n) is 12.9. The van der Waals surface area contributed by atoms with Crippen LogP contribution in [0.25, 0.3) is 16.9 Å². The summed E-state index contributed by atoms with van der Waals surface area (Å²) in [5.74, 6) is -6.68. The highest BCUT2D eigenvalue weighted by molar-refractivity contribution is 6.24. The molecule has 1 fully saturated rings. The molecule has 42 heavy (non-hydrogen) atoms. The Labute approximate surface area is 244 Å². The summed E-state index contributed by atoms with van der Waals surface area (Å²) in [5.41, 5.74) is 5.05. The molecule has 3 aliphatic rings. The van der Waals surface area contributed by atoms with E-state index in [-0.39, 0.29) is 35.1 Å². The third kappa shape index (κ3) is 4.46. The van der Waals surface area contributed by atoms with Crippen LogP contribution >= 0.6 is 0 Å². The molecule has 1 amide bonds. The minimum Gasteiger partial charge on any atom is -0.508 e. The van der Waals surface area contributed by atoms with E-state index in [9.17, 15) is 34.8 Å². The molecule has 7 N–H and O–H groups in total. The van der Waals surface area contributed by atoms with Crippen molar-refractivity contribution in [3.8, 4) is 16.9 Å². The number of Topliss-reactive ketones (excluding diaryl/α,β-unsaturated/α-hetero) is 2. The summed E-state index contributed by atoms with van der Waals surface area (Å²) < 4.78 is 0. The molecule has 0 radical (unpaired) electrons. The molecule has 10 nitrogen and oxygen atoms in total. The van der Waals surface area contributed by atoms with E-state index in [0.717, 1.165) is 23.4 Å². The zero-order chi connectivity index (χ0) is 30.9. The van der Waals surface area contributed by atoms with Crippen molar-refractivity contribution in [1.82, 2.24) is 4.90 Å². The second-order valence-corrected chi connectivity index (χ2v) is 12.9. The molecule has 0 heterocycles. The molecule has 2 aromatic carbocycles. The number of nitrogens with one attached hydrogen (secondary N) is 1. The van der Waals surface area contributed by atoms with Crippen LogP contribution in [-0.4, -0.2) is 75.1 Å². The van der Waals surface area contributed by atoms with Crippen molar-refractivity contribution >= 4 is 28.9 Å². The molecule has 0 bridgehead atoms. The number of carbonyl (C=O) groups is 3. The fraction of sp³-hybridized carbons (Fsp3) is 0.406. The summed E-state index contributed by atoms with van der Waals surface area (Å²) in [6.45, 7) is 7.20. The van der Waals surface area contributed by atoms with Crippen LogP contribution in [-0.2, 0) is 20.8 Å². The first kappa shape index (κ1) is 29.3. The first-order valence-electron chi connectivity index (χ1n) is 13.9. The van der Waals surface area contributed by atoms with E-state index in [2.05, 4.69) is 26.1 Å². The largest absolute Gasteiger partial charge is 0.508 e. The van der Waals surface area contributed by atoms with E-state index in [1.54, 1.807) is 20.2 Å². The van der Waals surface area contributed by atoms with Gasteiger partial charge in [0.2, 0.25) is 5.78 Å². The minimum absolute atomic E-state index is 0.0382. The van der Waals surface area contributed by atoms with Gasteiger partial charge < -0.3 is 31.5 Å². The molecule has 4 atom stereocenters. The van der Waals surface area contributed by atoms with E-state index >= 15 is 0 Å². The number of rotatable bonds is 5. The molecule has 222 valence electrons. The average molecular weight is 576 g/mol. The number of benzene rings is 2. The Kier molecular flexibility index (Phi) is 6.98. The number of phenolic OH excluding ortho intramolecular Hbond substituents is 1. The molecule has 2 aromatic rings. The Morgan fingerprint density at radius 1 is 1.07 bits per heavy atom. The number of hydrogen-bond acceptors (Lipinski definition) is 9. The first-order chi connectivity index (χ1) is 19.6. The Morgan fingerprint density at radius 2 is 1.71 bits per heavy atom. The third-order valence-corrected chi connectivity index (χ3v) is 8.62. The second kappa shape index (κ2) is 9.99. The Bertz CT molecular complexity index is 1570. The number of aliphatic hydroxyl groups excluding tert-OH is 2. The van der Waals surface area contributed by atoms with Gasteiger partial charge >= 0.3 is 0 Å². The maximum absolute atomic E-state index is 14.0. The van der Waals surface area contributed by atoms with Gasteiger partial charge in [-0.3, -0.25) is 19.3 Å². The van der Waals surface area contributed by atoms with Gasteiger partial charge in [0.05, 0.1) is 11.6 Å². The lowest BCUT2D eigenvalue weighted by Gasteiger charge is -2.50. The van der Waals surface area contributed by atoms with E-state index in [4.69, 9.17) is 5.73 Å². The average Bonchev–Trinajstić information content (AvgIpc) is 2.89. The summed E-state index contributed by atoms with van der Waals surface area (Å²) in [5, 5.41) is 48.4. The van der Waals surface area contributed by atoms with Crippen LogP contribution in [0.5, 0.6) is 5.75 Å². The molecule has 1 saturated carbocycles. The van der Waals surface area contributed by atoms with Crippen LogP contribution in [0.3, 0.4) is 0 Å². The zero-order valence-electron chi connectivity index (χ0n) is 24.4. The van der Waals surface area contributed by atoms with Crippen molar-refractivity contribution in [3.63, 3.8) is 0 Å². The molecule has 1 unspecified atom stereocenters. The van der Waals surface area contributed by atoms with Crippen LogP contribution < -0.4 is 11.1 Å². The SMILES string of the molecule is CN(C)C1C(=O)C(C(N)=O)=C(O)[C@@]2(O)C(=O)C3=C(O)c4c(O)ccc(-c5ccc(NCC(C)(C)C)cc5)c4C[C@H]3C[C@@H]12. The fourth-order valence-electron chi connectivity index (χ4n) is 6.65. The number of likely N-dealkylation sites (N-methyl/N-ethyl adjacent to an activating group) is 1. The van der Waals surface area contributed by atoms with Gasteiger partial charge in [-0.2, -0.15) is 0 Å². The Hall–Kier alpha value is -4.15. The van der Waals surface area contributed by atoms with Crippen molar-refractivity contribution in [2.24, 2.45) is 23.0 Å². The summed E-state index contributed by atoms with van der Waals surface area (Å²) >= 11 is 0. The lowest BCUT2D eigenvalue weighted by Crippen LogP contribution is -2.65. The number of primary amides is 1. The maximum atomic E-state index is 14.0. The van der Waals surface area contributed by atoms with Crippen LogP contribution in [0, 0.1) is 17.3 Å². The number of aromatic hydroxyl groups is 1. The van der Waals surface area contributed by atoms with Crippen LogP contribution in [0.2, 0.25) is 0 Å². The van der Waals surface area contributed by atoms with Crippen LogP contribution in [0.1, 0.15) is 38.3 Å². The maximum Gasteiger partial charge on any atom is 0.255 e. The molecule has 0 saturated heterocycles. The number of carbonyl (C=O) groups excluding carboxylic acids is 3. The Balaban J connectivity index is 1.62. The third-order valence-electron chi connectivity index (χ3n) is 8.62. The number of anilines is 1. The van der Waals surface area contributed by atoms with Crippen LogP contribution in [0.4, 0.5) is 5.69 Å². The number of aliphatic hydroxyl groups is 3. The van der Waals surface area contributed by atoms with Crippen LogP contribution in [0.15, 0.2) is 53.3 Å². The molecule has 0 aromatic heterocycles. The summed E-state index contributed by atoms with van der Waals surface area (Å²) in [7, 11) is 3.15. The minimum atomic E-state index is -2.66. The van der Waals surface area contributed by atoms with Gasteiger partial charge in [-0.25, -0.2) is 0 Å². The number of ketones is 2. The lowest BCUT2D eigenvalue weighted by molar-refractivity contribution is -0.153. The lowest BCUT2D eigenvalue weighted by atomic mass is 9.57. The predicted molar refractivity (Wildman–Crippen MR) is 158 cm³/mol. The van der Waals surface area contributed by atoms with Gasteiger partial charge in [0, 0.05) is 23.7 Å². The van der Waals surface area contributed by atoms with Gasteiger partial charge in [0.15, 0.2) is 11.4 Å². The van der Waals surface area contributed by atoms with Gasteiger partial charge in [-0.05, 0) is 73.2 Å². The van der Waals surface area contributed by atoms with Crippen molar-refractivity contribution in [2.75, 3.05) is 26.0 Å². The van der Waals surface area contributed by atoms with Gasteiger partial charge in [-0.1, -0.05) is 39.0 Å². The smallest absolute Gasteiger partial charge is 0.255 e. The normalized spacial score (nSPS) is 25.7. The van der Waals surface area contributed by atoms with Crippen molar-refractivity contribution < 1.29 is 34.8 Å². The summed E-state index contributed by atoms with van der Waals surface area (Å²) in [6, 6.07) is 9.85. The van der Waals surface area contributed by atoms with Gasteiger partial charge in [-0.15, -0.1) is 0 Å². The molecule has 5 rings (SSSR count). The van der Waals surface area contributed by atoms with E-state index < -0.39 is 58.0 Å². The highest BCUT2D eigenvalue weighted by Gasteiger charge is 2.64. The number of phenols is 1. The molecular weight excluding hydrogens is 538 g/mol. The molecule has 10 heteroatoms. The standard InChI is InChI=1S/C32H37N3O7/c1-31(2,3)14-34-17-8-6-15(7-9-17)18-10-11-21(36)23-19(18)12-16-13-20-25(35(4)5)27(38)24(30(33)41)29(40)32(20,42)28(39)22(16)26(23)37/h6-11,16,20,25,34,36-37,40,42H,12-14H2,1-5H3,(H2,33,41)/t16-,20-,25?,32-/m0/s1. The Morgan fingerprint density at radius 3 is 2.29 bits per heavy atom. The number of fused-ring (bicyclic) bond motifs is 3. The molecule has 0 aliphatic heterocycles. The topological polar surface area (TPSA) is 173 Å². The van der Waals surface area contributed by atoms with E-state index in [1.807, 2.05) is 24.3 Å². The number of hydrogen-bond donors (Lipinski definition) is 6. The zero-order valence-corrected chi connectivity index (χ0v) is 24.4. The number of nitrogens with two attached hydrogens (primary N) is 1. The summed E-state index contributed by atoms with van der Waals surface area (Å²) in [6.07, 6.45) is 0.263. The quantitative estimate of drug-likeness (QED) is 0.293. The first-order valence-corrected chi connectivity index (χ1v) is 13.9. The molecule has 3 aliphatic carbocycles. The number of amides is 1.